The fraction of sp³-hybridized carbons (Fsp3) is 0.231. The zero-order valence-electron chi connectivity index (χ0n) is 10.7. The van der Waals surface area contributed by atoms with Gasteiger partial charge in [0.25, 0.3) is 0 Å². The van der Waals surface area contributed by atoms with Crippen molar-refractivity contribution in [2.75, 3.05) is 7.05 Å². The van der Waals surface area contributed by atoms with Crippen molar-refractivity contribution in [3.8, 4) is 0 Å². The Morgan fingerprint density at radius 3 is 2.95 bits per heavy atom. The zero-order chi connectivity index (χ0) is 13.8. The first-order valence-electron chi connectivity index (χ1n) is 5.70. The second-order valence-electron chi connectivity index (χ2n) is 4.18. The molecule has 0 atom stereocenters. The topological polar surface area (TPSA) is 38.1 Å². The lowest BCUT2D eigenvalue weighted by atomic mass is 10.3. The van der Waals surface area contributed by atoms with E-state index in [0.717, 1.165) is 14.2 Å². The lowest BCUT2D eigenvalue weighted by molar-refractivity contribution is -0.125. The van der Waals surface area contributed by atoms with E-state index in [1.807, 2.05) is 25.4 Å². The van der Waals surface area contributed by atoms with Crippen LogP contribution in [0.25, 0.3) is 6.08 Å². The number of amides is 1. The predicted molar refractivity (Wildman–Crippen MR) is 80.7 cm³/mol. The third kappa shape index (κ3) is 4.04. The van der Waals surface area contributed by atoms with E-state index in [2.05, 4.69) is 21.0 Å². The van der Waals surface area contributed by atoms with Crippen molar-refractivity contribution in [2.24, 2.45) is 7.05 Å². The number of carbonyl (C=O) groups is 1. The number of halogens is 1. The molecule has 6 heteroatoms. The minimum atomic E-state index is -0.0200. The summed E-state index contributed by atoms with van der Waals surface area (Å²) in [5, 5.41) is 4.05. The smallest absolute Gasteiger partial charge is 0.246 e. The summed E-state index contributed by atoms with van der Waals surface area (Å²) in [6, 6.07) is 4.01. The highest BCUT2D eigenvalue weighted by molar-refractivity contribution is 9.11. The Kier molecular flexibility index (Phi) is 4.55. The van der Waals surface area contributed by atoms with E-state index >= 15 is 0 Å². The van der Waals surface area contributed by atoms with Crippen LogP contribution in [0.15, 0.2) is 34.4 Å². The van der Waals surface area contributed by atoms with Gasteiger partial charge in [-0.1, -0.05) is 0 Å². The van der Waals surface area contributed by atoms with Crippen molar-refractivity contribution in [2.45, 2.75) is 6.54 Å². The lowest BCUT2D eigenvalue weighted by Gasteiger charge is -2.13. The Bertz CT molecular complexity index is 603. The molecular weight excluding hydrogens is 326 g/mol. The molecule has 100 valence electrons. The summed E-state index contributed by atoms with van der Waals surface area (Å²) in [5.41, 5.74) is 0.920. The van der Waals surface area contributed by atoms with Crippen LogP contribution in [-0.2, 0) is 18.4 Å². The van der Waals surface area contributed by atoms with Crippen LogP contribution in [0.3, 0.4) is 0 Å². The summed E-state index contributed by atoms with van der Waals surface area (Å²) in [6.45, 7) is 0.618. The second kappa shape index (κ2) is 6.16. The van der Waals surface area contributed by atoms with E-state index in [-0.39, 0.29) is 5.91 Å². The average Bonchev–Trinajstić information content (AvgIpc) is 2.95. The first-order chi connectivity index (χ1) is 9.04. The molecule has 0 aliphatic heterocycles. The van der Waals surface area contributed by atoms with Crippen LogP contribution >= 0.6 is 27.3 Å². The van der Waals surface area contributed by atoms with Crippen LogP contribution in [-0.4, -0.2) is 27.6 Å². The molecule has 0 bridgehead atoms. The Morgan fingerprint density at radius 1 is 1.58 bits per heavy atom. The molecule has 0 saturated heterocycles. The molecule has 0 aliphatic carbocycles. The summed E-state index contributed by atoms with van der Waals surface area (Å²) in [4.78, 5) is 14.8. The molecule has 0 aromatic carbocycles. The third-order valence-electron chi connectivity index (χ3n) is 2.54. The number of likely N-dealkylation sites (N-methyl/N-ethyl adjacent to an activating group) is 1. The molecule has 0 unspecified atom stereocenters. The molecule has 4 nitrogen and oxygen atoms in total. The maximum absolute atomic E-state index is 11.9. The molecule has 0 spiro atoms. The predicted octanol–water partition coefficient (Wildman–Crippen LogP) is 2.92. The van der Waals surface area contributed by atoms with Gasteiger partial charge in [-0.3, -0.25) is 9.48 Å². The minimum absolute atomic E-state index is 0.0200. The fourth-order valence-electron chi connectivity index (χ4n) is 1.57. The zero-order valence-corrected chi connectivity index (χ0v) is 13.1. The van der Waals surface area contributed by atoms with Gasteiger partial charge >= 0.3 is 0 Å². The van der Waals surface area contributed by atoms with E-state index < -0.39 is 0 Å². The van der Waals surface area contributed by atoms with Crippen LogP contribution in [0.1, 0.15) is 10.4 Å². The first kappa shape index (κ1) is 14.0. The average molecular weight is 340 g/mol. The number of aryl methyl sites for hydroxylation is 1. The Hall–Kier alpha value is -1.40. The molecule has 0 saturated carbocycles. The molecular formula is C13H14BrN3OS. The summed E-state index contributed by atoms with van der Waals surface area (Å²) < 4.78 is 2.78. The molecule has 1 amide bonds. The van der Waals surface area contributed by atoms with Crippen LogP contribution in [0, 0.1) is 0 Å². The van der Waals surface area contributed by atoms with E-state index in [9.17, 15) is 4.79 Å². The van der Waals surface area contributed by atoms with E-state index in [0.29, 0.717) is 6.54 Å². The molecule has 2 heterocycles. The summed E-state index contributed by atoms with van der Waals surface area (Å²) >= 11 is 5.05. The van der Waals surface area contributed by atoms with Crippen LogP contribution in [0.5, 0.6) is 0 Å². The monoisotopic (exact) mass is 339 g/mol. The van der Waals surface area contributed by atoms with Gasteiger partial charge in [-0.15, -0.1) is 11.3 Å². The van der Waals surface area contributed by atoms with Crippen molar-refractivity contribution < 1.29 is 4.79 Å². The molecule has 0 aliphatic rings. The van der Waals surface area contributed by atoms with Gasteiger partial charge in [-0.05, 0) is 34.1 Å². The van der Waals surface area contributed by atoms with Crippen molar-refractivity contribution in [3.63, 3.8) is 0 Å². The lowest BCUT2D eigenvalue weighted by Crippen LogP contribution is -2.23. The van der Waals surface area contributed by atoms with E-state index in [4.69, 9.17) is 0 Å². The van der Waals surface area contributed by atoms with Gasteiger partial charge in [0.1, 0.15) is 0 Å². The number of hydrogen-bond acceptors (Lipinski definition) is 3. The molecule has 0 fully saturated rings. The van der Waals surface area contributed by atoms with Gasteiger partial charge in [0.15, 0.2) is 0 Å². The highest BCUT2D eigenvalue weighted by Crippen LogP contribution is 2.23. The Balaban J connectivity index is 1.94. The van der Waals surface area contributed by atoms with Gasteiger partial charge in [-0.25, -0.2) is 0 Å². The van der Waals surface area contributed by atoms with Crippen molar-refractivity contribution in [3.05, 3.63) is 44.8 Å². The van der Waals surface area contributed by atoms with Crippen LogP contribution in [0.4, 0.5) is 0 Å². The maximum Gasteiger partial charge on any atom is 0.246 e. The molecule has 2 aromatic heterocycles. The highest BCUT2D eigenvalue weighted by atomic mass is 79.9. The van der Waals surface area contributed by atoms with Gasteiger partial charge in [0.2, 0.25) is 5.91 Å². The Labute approximate surface area is 124 Å². The molecule has 2 aromatic rings. The summed E-state index contributed by atoms with van der Waals surface area (Å²) in [6.07, 6.45) is 6.93. The number of nitrogens with zero attached hydrogens (tertiary/aromatic N) is 3. The maximum atomic E-state index is 11.9. The minimum Gasteiger partial charge on any atom is -0.337 e. The normalized spacial score (nSPS) is 11.1. The van der Waals surface area contributed by atoms with Crippen LogP contribution in [0.2, 0.25) is 0 Å². The van der Waals surface area contributed by atoms with Crippen molar-refractivity contribution in [1.29, 1.82) is 0 Å². The SMILES string of the molecule is CN(Cc1ccc(Br)s1)C(=O)C=Cc1cnn(C)c1. The standard InChI is InChI=1S/C13H14BrN3OS/c1-16(9-11-4-5-12(14)19-11)13(18)6-3-10-7-15-17(2)8-10/h3-8H,9H2,1-2H3. The second-order valence-corrected chi connectivity index (χ2v) is 6.73. The van der Waals surface area contributed by atoms with E-state index in [1.165, 1.54) is 0 Å². The van der Waals surface area contributed by atoms with Gasteiger partial charge in [0, 0.05) is 36.8 Å². The summed E-state index contributed by atoms with van der Waals surface area (Å²) in [5.74, 6) is -0.0200. The van der Waals surface area contributed by atoms with Crippen LogP contribution < -0.4 is 0 Å². The van der Waals surface area contributed by atoms with Gasteiger partial charge in [-0.2, -0.15) is 5.10 Å². The number of rotatable bonds is 4. The van der Waals surface area contributed by atoms with Gasteiger partial charge in [0.05, 0.1) is 16.5 Å². The van der Waals surface area contributed by atoms with Gasteiger partial charge < -0.3 is 4.90 Å². The number of thiophene rings is 1. The molecule has 0 radical (unpaired) electrons. The number of aromatic nitrogens is 2. The largest absolute Gasteiger partial charge is 0.337 e. The van der Waals surface area contributed by atoms with E-state index in [1.54, 1.807) is 46.3 Å². The molecule has 0 N–H and O–H groups in total. The summed E-state index contributed by atoms with van der Waals surface area (Å²) in [7, 11) is 3.64. The molecule has 19 heavy (non-hydrogen) atoms. The quantitative estimate of drug-likeness (QED) is 0.803. The molecule has 2 rings (SSSR count). The first-order valence-corrected chi connectivity index (χ1v) is 7.31. The number of hydrogen-bond donors (Lipinski definition) is 0. The van der Waals surface area contributed by atoms with Crippen molar-refractivity contribution in [1.82, 2.24) is 14.7 Å². The fourth-order valence-corrected chi connectivity index (χ4v) is 3.11. The number of carbonyl (C=O) groups excluding carboxylic acids is 1. The third-order valence-corrected chi connectivity index (χ3v) is 4.15. The van der Waals surface area contributed by atoms with Crippen molar-refractivity contribution >= 4 is 39.2 Å². The highest BCUT2D eigenvalue weighted by Gasteiger charge is 2.07. The Morgan fingerprint density at radius 2 is 2.37 bits per heavy atom.